The van der Waals surface area contributed by atoms with Crippen molar-refractivity contribution in [2.45, 2.75) is 5.92 Å². The van der Waals surface area contributed by atoms with E-state index in [0.717, 1.165) is 5.56 Å². The number of carboxylic acids is 1. The molecule has 1 saturated heterocycles. The highest BCUT2D eigenvalue weighted by Gasteiger charge is 2.41. The third kappa shape index (κ3) is 3.46. The fourth-order valence-corrected chi connectivity index (χ4v) is 3.45. The Morgan fingerprint density at radius 3 is 2.65 bits per heavy atom. The highest BCUT2D eigenvalue weighted by Crippen LogP contribution is 2.36. The van der Waals surface area contributed by atoms with E-state index in [9.17, 15) is 19.8 Å². The van der Waals surface area contributed by atoms with Crippen LogP contribution in [0.5, 0.6) is 11.5 Å². The predicted molar refractivity (Wildman–Crippen MR) is 95.9 cm³/mol. The van der Waals surface area contributed by atoms with Crippen LogP contribution in [0.3, 0.4) is 0 Å². The smallest absolute Gasteiger partial charge is 0.308 e. The SMILES string of the molecule is COc1cccc([C@@H]2CN(C(=O)c3cc(Cl)ccc3O)C[C@H]2C(=O)O)c1. The zero-order chi connectivity index (χ0) is 18.8. The second-order valence-electron chi connectivity index (χ2n) is 6.20. The Balaban J connectivity index is 1.90. The molecule has 0 spiro atoms. The molecule has 6 nitrogen and oxygen atoms in total. The van der Waals surface area contributed by atoms with Crippen LogP contribution in [0.15, 0.2) is 42.5 Å². The normalized spacial score (nSPS) is 19.4. The van der Waals surface area contributed by atoms with Crippen molar-refractivity contribution in [3.05, 3.63) is 58.6 Å². The molecule has 1 amide bonds. The van der Waals surface area contributed by atoms with Crippen molar-refractivity contribution in [2.75, 3.05) is 20.2 Å². The predicted octanol–water partition coefficient (Wildman–Crippen LogP) is 2.99. The number of aliphatic carboxylic acids is 1. The standard InChI is InChI=1S/C19H18ClNO5/c1-26-13-4-2-3-11(7-13)15-9-21(10-16(15)19(24)25)18(23)14-8-12(20)5-6-17(14)22/h2-8,15-16,22H,9-10H2,1H3,(H,24,25)/t15-,16+/m0/s1. The van der Waals surface area contributed by atoms with Crippen LogP contribution in [0.2, 0.25) is 5.02 Å². The van der Waals surface area contributed by atoms with Crippen molar-refractivity contribution in [3.8, 4) is 11.5 Å². The number of hydrogen-bond acceptors (Lipinski definition) is 4. The molecular weight excluding hydrogens is 358 g/mol. The molecule has 0 aliphatic carbocycles. The lowest BCUT2D eigenvalue weighted by Crippen LogP contribution is -2.30. The van der Waals surface area contributed by atoms with Gasteiger partial charge in [0.1, 0.15) is 11.5 Å². The number of aromatic hydroxyl groups is 1. The van der Waals surface area contributed by atoms with Gasteiger partial charge in [0.2, 0.25) is 0 Å². The van der Waals surface area contributed by atoms with Crippen molar-refractivity contribution in [1.29, 1.82) is 0 Å². The van der Waals surface area contributed by atoms with Gasteiger partial charge in [-0.15, -0.1) is 0 Å². The van der Waals surface area contributed by atoms with Crippen molar-refractivity contribution in [2.24, 2.45) is 5.92 Å². The number of carbonyl (C=O) groups excluding carboxylic acids is 1. The number of phenols is 1. The number of likely N-dealkylation sites (tertiary alicyclic amines) is 1. The Labute approximate surface area is 155 Å². The highest BCUT2D eigenvalue weighted by molar-refractivity contribution is 6.31. The second-order valence-corrected chi connectivity index (χ2v) is 6.64. The number of nitrogens with zero attached hydrogens (tertiary/aromatic N) is 1. The number of carbonyl (C=O) groups is 2. The van der Waals surface area contributed by atoms with Gasteiger partial charge in [0, 0.05) is 24.0 Å². The van der Waals surface area contributed by atoms with Crippen LogP contribution in [0.25, 0.3) is 0 Å². The molecule has 0 aromatic heterocycles. The minimum Gasteiger partial charge on any atom is -0.507 e. The van der Waals surface area contributed by atoms with Crippen molar-refractivity contribution < 1.29 is 24.5 Å². The summed E-state index contributed by atoms with van der Waals surface area (Å²) >= 11 is 5.91. The highest BCUT2D eigenvalue weighted by atomic mass is 35.5. The monoisotopic (exact) mass is 375 g/mol. The molecule has 0 radical (unpaired) electrons. The summed E-state index contributed by atoms with van der Waals surface area (Å²) in [6.07, 6.45) is 0. The lowest BCUT2D eigenvalue weighted by molar-refractivity contribution is -0.141. The summed E-state index contributed by atoms with van der Waals surface area (Å²) in [5.74, 6) is -2.08. The molecule has 2 aromatic carbocycles. The van der Waals surface area contributed by atoms with Crippen molar-refractivity contribution in [1.82, 2.24) is 4.90 Å². The lowest BCUT2D eigenvalue weighted by atomic mass is 9.89. The molecule has 7 heteroatoms. The van der Waals surface area contributed by atoms with E-state index < -0.39 is 17.8 Å². The Morgan fingerprint density at radius 2 is 1.96 bits per heavy atom. The third-order valence-electron chi connectivity index (χ3n) is 4.64. The average Bonchev–Trinajstić information content (AvgIpc) is 3.09. The maximum atomic E-state index is 12.8. The molecule has 1 heterocycles. The number of halogens is 1. The number of ether oxygens (including phenoxy) is 1. The first-order valence-corrected chi connectivity index (χ1v) is 8.43. The van der Waals surface area contributed by atoms with Crippen LogP contribution >= 0.6 is 11.6 Å². The number of carboxylic acid groups (broad SMARTS) is 1. The average molecular weight is 376 g/mol. The van der Waals surface area contributed by atoms with Gasteiger partial charge in [-0.25, -0.2) is 0 Å². The van der Waals surface area contributed by atoms with Gasteiger partial charge >= 0.3 is 5.97 Å². The molecule has 136 valence electrons. The van der Waals surface area contributed by atoms with E-state index in [2.05, 4.69) is 0 Å². The van der Waals surface area contributed by atoms with Gasteiger partial charge in [0.25, 0.3) is 5.91 Å². The summed E-state index contributed by atoms with van der Waals surface area (Å²) in [6, 6.07) is 11.4. The molecule has 0 saturated carbocycles. The van der Waals surface area contributed by atoms with E-state index in [0.29, 0.717) is 10.8 Å². The van der Waals surface area contributed by atoms with E-state index in [4.69, 9.17) is 16.3 Å². The minimum absolute atomic E-state index is 0.0575. The third-order valence-corrected chi connectivity index (χ3v) is 4.87. The van der Waals surface area contributed by atoms with Crippen LogP contribution in [-0.2, 0) is 4.79 Å². The zero-order valence-electron chi connectivity index (χ0n) is 14.1. The van der Waals surface area contributed by atoms with Gasteiger partial charge in [-0.3, -0.25) is 9.59 Å². The molecule has 2 aromatic rings. The quantitative estimate of drug-likeness (QED) is 0.857. The van der Waals surface area contributed by atoms with Crippen LogP contribution < -0.4 is 4.74 Å². The van der Waals surface area contributed by atoms with E-state index in [1.165, 1.54) is 23.1 Å². The summed E-state index contributed by atoms with van der Waals surface area (Å²) in [5, 5.41) is 19.9. The van der Waals surface area contributed by atoms with Crippen LogP contribution in [0.1, 0.15) is 21.8 Å². The fraction of sp³-hybridized carbons (Fsp3) is 0.263. The number of rotatable bonds is 4. The molecule has 2 N–H and O–H groups in total. The molecule has 1 fully saturated rings. The summed E-state index contributed by atoms with van der Waals surface area (Å²) in [7, 11) is 1.54. The maximum absolute atomic E-state index is 12.8. The largest absolute Gasteiger partial charge is 0.507 e. The minimum atomic E-state index is -0.969. The van der Waals surface area contributed by atoms with Gasteiger partial charge in [-0.05, 0) is 35.9 Å². The zero-order valence-corrected chi connectivity index (χ0v) is 14.8. The van der Waals surface area contributed by atoms with Gasteiger partial charge in [-0.2, -0.15) is 0 Å². The molecule has 1 aliphatic heterocycles. The molecule has 0 unspecified atom stereocenters. The van der Waals surface area contributed by atoms with Gasteiger partial charge < -0.3 is 19.8 Å². The topological polar surface area (TPSA) is 87.1 Å². The number of amides is 1. The van der Waals surface area contributed by atoms with Crippen molar-refractivity contribution in [3.63, 3.8) is 0 Å². The first-order valence-electron chi connectivity index (χ1n) is 8.05. The van der Waals surface area contributed by atoms with Crippen LogP contribution in [0.4, 0.5) is 0 Å². The second kappa shape index (κ2) is 7.25. The Hall–Kier alpha value is -2.73. The number of benzene rings is 2. The first-order chi connectivity index (χ1) is 12.4. The summed E-state index contributed by atoms with van der Waals surface area (Å²) in [6.45, 7) is 0.289. The number of phenolic OH excluding ortho intramolecular Hbond substituents is 1. The molecular formula is C19H18ClNO5. The van der Waals surface area contributed by atoms with E-state index >= 15 is 0 Å². The summed E-state index contributed by atoms with van der Waals surface area (Å²) in [5.41, 5.74) is 0.857. The van der Waals surface area contributed by atoms with Crippen LogP contribution in [-0.4, -0.2) is 47.2 Å². The number of hydrogen-bond donors (Lipinski definition) is 2. The maximum Gasteiger partial charge on any atom is 0.308 e. The summed E-state index contributed by atoms with van der Waals surface area (Å²) < 4.78 is 5.21. The Kier molecular flexibility index (Phi) is 5.04. The van der Waals surface area contributed by atoms with E-state index in [1.54, 1.807) is 25.3 Å². The van der Waals surface area contributed by atoms with Gasteiger partial charge in [0.15, 0.2) is 0 Å². The molecule has 3 rings (SSSR count). The molecule has 2 atom stereocenters. The summed E-state index contributed by atoms with van der Waals surface area (Å²) in [4.78, 5) is 25.9. The molecule has 1 aliphatic rings. The molecule has 26 heavy (non-hydrogen) atoms. The van der Waals surface area contributed by atoms with Crippen molar-refractivity contribution >= 4 is 23.5 Å². The van der Waals surface area contributed by atoms with Crippen LogP contribution in [0, 0.1) is 5.92 Å². The fourth-order valence-electron chi connectivity index (χ4n) is 3.28. The van der Waals surface area contributed by atoms with Gasteiger partial charge in [-0.1, -0.05) is 23.7 Å². The van der Waals surface area contributed by atoms with E-state index in [-0.39, 0.29) is 30.3 Å². The first kappa shape index (κ1) is 18.1. The molecule has 0 bridgehead atoms. The van der Waals surface area contributed by atoms with E-state index in [1.807, 2.05) is 6.07 Å². The Bertz CT molecular complexity index is 854. The number of methoxy groups -OCH3 is 1. The Morgan fingerprint density at radius 1 is 1.19 bits per heavy atom. The van der Waals surface area contributed by atoms with Gasteiger partial charge in [0.05, 0.1) is 18.6 Å². The lowest BCUT2D eigenvalue weighted by Gasteiger charge is -2.17.